The quantitative estimate of drug-likeness (QED) is 0.777. The van der Waals surface area contributed by atoms with Crippen LogP contribution in [0.15, 0.2) is 35.7 Å². The van der Waals surface area contributed by atoms with E-state index in [0.29, 0.717) is 18.0 Å². The van der Waals surface area contributed by atoms with Crippen LogP contribution >= 0.6 is 0 Å². The lowest BCUT2D eigenvalue weighted by atomic mass is 10.1. The molecule has 1 N–H and O–H groups in total. The van der Waals surface area contributed by atoms with Crippen molar-refractivity contribution in [3.05, 3.63) is 42.0 Å². The highest BCUT2D eigenvalue weighted by molar-refractivity contribution is 7.89. The first-order valence-corrected chi connectivity index (χ1v) is 7.75. The van der Waals surface area contributed by atoms with Crippen LogP contribution in [0.5, 0.6) is 0 Å². The van der Waals surface area contributed by atoms with Crippen molar-refractivity contribution in [1.29, 1.82) is 0 Å². The maximum atomic E-state index is 12.4. The molecule has 0 spiro atoms. The van der Waals surface area contributed by atoms with Crippen LogP contribution in [0.1, 0.15) is 18.1 Å². The molecule has 0 aliphatic rings. The second-order valence-corrected chi connectivity index (χ2v) is 6.47. The van der Waals surface area contributed by atoms with E-state index in [2.05, 4.69) is 11.9 Å². The average Bonchev–Trinajstić information content (AvgIpc) is 2.37. The van der Waals surface area contributed by atoms with Crippen molar-refractivity contribution >= 4 is 10.0 Å². The summed E-state index contributed by atoms with van der Waals surface area (Å²) in [5.41, 5.74) is 1.73. The van der Waals surface area contributed by atoms with Crippen molar-refractivity contribution in [3.63, 3.8) is 0 Å². The van der Waals surface area contributed by atoms with Crippen LogP contribution < -0.4 is 5.32 Å². The Kier molecular flexibility index (Phi) is 5.72. The van der Waals surface area contributed by atoms with Crippen LogP contribution in [-0.4, -0.2) is 32.9 Å². The van der Waals surface area contributed by atoms with Crippen LogP contribution in [-0.2, 0) is 16.6 Å². The number of rotatable bonds is 7. The summed E-state index contributed by atoms with van der Waals surface area (Å²) < 4.78 is 26.2. The molecular weight excluding hydrogens is 260 g/mol. The molecule has 4 nitrogen and oxygen atoms in total. The van der Waals surface area contributed by atoms with Gasteiger partial charge in [0.2, 0.25) is 10.0 Å². The summed E-state index contributed by atoms with van der Waals surface area (Å²) in [6, 6.07) is 5.54. The molecule has 0 saturated heterocycles. The molecule has 0 fully saturated rings. The molecule has 1 rings (SSSR count). The van der Waals surface area contributed by atoms with E-state index in [4.69, 9.17) is 0 Å². The molecule has 106 valence electrons. The number of hydrogen-bond acceptors (Lipinski definition) is 3. The Labute approximate surface area is 116 Å². The highest BCUT2D eigenvalue weighted by Gasteiger charge is 2.21. The lowest BCUT2D eigenvalue weighted by Gasteiger charge is -2.17. The predicted molar refractivity (Wildman–Crippen MR) is 78.6 cm³/mol. The summed E-state index contributed by atoms with van der Waals surface area (Å²) >= 11 is 0. The Morgan fingerprint density at radius 2 is 2.11 bits per heavy atom. The van der Waals surface area contributed by atoms with Crippen molar-refractivity contribution in [2.45, 2.75) is 25.3 Å². The minimum Gasteiger partial charge on any atom is -0.313 e. The van der Waals surface area contributed by atoms with Gasteiger partial charge in [-0.1, -0.05) is 25.1 Å². The molecule has 0 bridgehead atoms. The van der Waals surface area contributed by atoms with Gasteiger partial charge in [0.25, 0.3) is 0 Å². The second kappa shape index (κ2) is 6.84. The SMILES string of the molecule is C=CCN(C)S(=O)(=O)c1cc(CNCC)ccc1C. The van der Waals surface area contributed by atoms with E-state index in [1.165, 1.54) is 4.31 Å². The van der Waals surface area contributed by atoms with Gasteiger partial charge in [-0.15, -0.1) is 6.58 Å². The van der Waals surface area contributed by atoms with Crippen LogP contribution in [0.3, 0.4) is 0 Å². The third kappa shape index (κ3) is 3.89. The average molecular weight is 282 g/mol. The zero-order valence-electron chi connectivity index (χ0n) is 11.8. The van der Waals surface area contributed by atoms with Gasteiger partial charge in [-0.25, -0.2) is 8.42 Å². The fourth-order valence-electron chi connectivity index (χ4n) is 1.75. The van der Waals surface area contributed by atoms with Crippen molar-refractivity contribution in [2.75, 3.05) is 20.1 Å². The molecule has 1 aromatic rings. The molecule has 0 unspecified atom stereocenters. The first kappa shape index (κ1) is 15.9. The standard InChI is InChI=1S/C14H22N2O2S/c1-5-9-16(4)19(17,18)14-10-13(11-15-6-2)8-7-12(14)3/h5,7-8,10,15H,1,6,9,11H2,2-4H3. The lowest BCUT2D eigenvalue weighted by Crippen LogP contribution is -2.27. The Balaban J connectivity index is 3.14. The number of aryl methyl sites for hydroxylation is 1. The van der Waals surface area contributed by atoms with Crippen LogP contribution in [0.25, 0.3) is 0 Å². The predicted octanol–water partition coefficient (Wildman–Crippen LogP) is 1.91. The molecule has 0 aliphatic carbocycles. The number of sulfonamides is 1. The van der Waals surface area contributed by atoms with Gasteiger partial charge in [-0.2, -0.15) is 4.31 Å². The zero-order chi connectivity index (χ0) is 14.5. The molecule has 0 heterocycles. The highest BCUT2D eigenvalue weighted by atomic mass is 32.2. The lowest BCUT2D eigenvalue weighted by molar-refractivity contribution is 0.498. The summed E-state index contributed by atoms with van der Waals surface area (Å²) in [5, 5.41) is 3.19. The third-order valence-electron chi connectivity index (χ3n) is 2.91. The molecule has 5 heteroatoms. The number of benzene rings is 1. The Bertz CT molecular complexity index is 538. The molecular formula is C14H22N2O2S. The van der Waals surface area contributed by atoms with E-state index in [9.17, 15) is 8.42 Å². The minimum absolute atomic E-state index is 0.305. The van der Waals surface area contributed by atoms with Crippen molar-refractivity contribution in [2.24, 2.45) is 0 Å². The van der Waals surface area contributed by atoms with E-state index in [0.717, 1.165) is 17.7 Å². The Morgan fingerprint density at radius 1 is 1.42 bits per heavy atom. The maximum absolute atomic E-state index is 12.4. The fraction of sp³-hybridized carbons (Fsp3) is 0.429. The topological polar surface area (TPSA) is 49.4 Å². The number of nitrogens with zero attached hydrogens (tertiary/aromatic N) is 1. The van der Waals surface area contributed by atoms with Crippen LogP contribution in [0.4, 0.5) is 0 Å². The van der Waals surface area contributed by atoms with Gasteiger partial charge >= 0.3 is 0 Å². The van der Waals surface area contributed by atoms with E-state index < -0.39 is 10.0 Å². The largest absolute Gasteiger partial charge is 0.313 e. The van der Waals surface area contributed by atoms with E-state index in [1.54, 1.807) is 19.2 Å². The molecule has 1 aromatic carbocycles. The number of likely N-dealkylation sites (N-methyl/N-ethyl adjacent to an activating group) is 1. The van der Waals surface area contributed by atoms with Gasteiger partial charge in [0.15, 0.2) is 0 Å². The number of hydrogen-bond donors (Lipinski definition) is 1. The van der Waals surface area contributed by atoms with E-state index >= 15 is 0 Å². The third-order valence-corrected chi connectivity index (χ3v) is 4.87. The molecule has 0 saturated carbocycles. The first-order valence-electron chi connectivity index (χ1n) is 6.31. The van der Waals surface area contributed by atoms with Crippen LogP contribution in [0.2, 0.25) is 0 Å². The second-order valence-electron chi connectivity index (χ2n) is 4.45. The van der Waals surface area contributed by atoms with Gasteiger partial charge in [-0.3, -0.25) is 0 Å². The van der Waals surface area contributed by atoms with Crippen molar-refractivity contribution in [1.82, 2.24) is 9.62 Å². The normalized spacial score (nSPS) is 11.8. The molecule has 0 aromatic heterocycles. The number of nitrogens with one attached hydrogen (secondary N) is 1. The molecule has 0 atom stereocenters. The summed E-state index contributed by atoms with van der Waals surface area (Å²) in [6.45, 7) is 9.23. The fourth-order valence-corrected chi connectivity index (χ4v) is 3.16. The molecule has 0 aliphatic heterocycles. The Hall–Kier alpha value is -1.17. The van der Waals surface area contributed by atoms with Gasteiger partial charge in [0.05, 0.1) is 4.90 Å². The summed E-state index contributed by atoms with van der Waals surface area (Å²) in [5.74, 6) is 0. The van der Waals surface area contributed by atoms with Gasteiger partial charge in [-0.05, 0) is 30.7 Å². The highest BCUT2D eigenvalue weighted by Crippen LogP contribution is 2.20. The molecule has 0 radical (unpaired) electrons. The van der Waals surface area contributed by atoms with E-state index in [-0.39, 0.29) is 0 Å². The van der Waals surface area contributed by atoms with Crippen LogP contribution in [0, 0.1) is 6.92 Å². The summed E-state index contributed by atoms with van der Waals surface area (Å²) in [7, 11) is -1.88. The Morgan fingerprint density at radius 3 is 2.68 bits per heavy atom. The van der Waals surface area contributed by atoms with Gasteiger partial charge in [0.1, 0.15) is 0 Å². The minimum atomic E-state index is -3.45. The molecule has 0 amide bonds. The van der Waals surface area contributed by atoms with Gasteiger partial charge in [0, 0.05) is 20.1 Å². The molecule has 19 heavy (non-hydrogen) atoms. The van der Waals surface area contributed by atoms with Crippen molar-refractivity contribution < 1.29 is 8.42 Å². The smallest absolute Gasteiger partial charge is 0.243 e. The maximum Gasteiger partial charge on any atom is 0.243 e. The summed E-state index contributed by atoms with van der Waals surface area (Å²) in [4.78, 5) is 0.368. The zero-order valence-corrected chi connectivity index (χ0v) is 12.6. The van der Waals surface area contributed by atoms with E-state index in [1.807, 2.05) is 26.0 Å². The van der Waals surface area contributed by atoms with Crippen molar-refractivity contribution in [3.8, 4) is 0 Å². The monoisotopic (exact) mass is 282 g/mol. The van der Waals surface area contributed by atoms with Gasteiger partial charge < -0.3 is 5.32 Å². The first-order chi connectivity index (χ1) is 8.93. The summed E-state index contributed by atoms with van der Waals surface area (Å²) in [6.07, 6.45) is 1.58.